The van der Waals surface area contributed by atoms with Crippen molar-refractivity contribution in [3.8, 4) is 0 Å². The standard InChI is InChI=1S/C13H22N2O2S/c1-4-6-7-8-9-14-13-15-11(10(3)18-13)12(16)17-5-2/h4-9H2,1-3H3,(H,14,15). The molecule has 5 heteroatoms. The molecule has 1 aromatic heterocycles. The van der Waals surface area contributed by atoms with Gasteiger partial charge in [0.05, 0.1) is 6.61 Å². The first kappa shape index (κ1) is 15.0. The van der Waals surface area contributed by atoms with Gasteiger partial charge in [-0.15, -0.1) is 11.3 Å². The van der Waals surface area contributed by atoms with Crippen LogP contribution in [-0.4, -0.2) is 24.1 Å². The van der Waals surface area contributed by atoms with Crippen molar-refractivity contribution in [3.63, 3.8) is 0 Å². The van der Waals surface area contributed by atoms with Crippen LogP contribution >= 0.6 is 11.3 Å². The Morgan fingerprint density at radius 1 is 1.33 bits per heavy atom. The van der Waals surface area contributed by atoms with Gasteiger partial charge in [-0.2, -0.15) is 0 Å². The molecule has 0 radical (unpaired) electrons. The van der Waals surface area contributed by atoms with E-state index in [0.717, 1.165) is 23.0 Å². The van der Waals surface area contributed by atoms with Crippen molar-refractivity contribution in [2.75, 3.05) is 18.5 Å². The second kappa shape index (κ2) is 8.08. The van der Waals surface area contributed by atoms with Gasteiger partial charge in [0, 0.05) is 11.4 Å². The molecule has 0 aliphatic carbocycles. The lowest BCUT2D eigenvalue weighted by Crippen LogP contribution is -2.07. The average Bonchev–Trinajstić information content (AvgIpc) is 2.71. The summed E-state index contributed by atoms with van der Waals surface area (Å²) in [6.45, 7) is 7.19. The summed E-state index contributed by atoms with van der Waals surface area (Å²) in [7, 11) is 0. The summed E-state index contributed by atoms with van der Waals surface area (Å²) in [5.41, 5.74) is 0.443. The van der Waals surface area contributed by atoms with Crippen LogP contribution in [0.3, 0.4) is 0 Å². The number of unbranched alkanes of at least 4 members (excludes halogenated alkanes) is 3. The molecular weight excluding hydrogens is 248 g/mol. The van der Waals surface area contributed by atoms with E-state index in [0.29, 0.717) is 12.3 Å². The zero-order valence-corrected chi connectivity index (χ0v) is 12.2. The van der Waals surface area contributed by atoms with Gasteiger partial charge < -0.3 is 10.1 Å². The maximum atomic E-state index is 11.6. The molecule has 0 unspecified atom stereocenters. The molecule has 0 aliphatic rings. The van der Waals surface area contributed by atoms with Gasteiger partial charge in [0.1, 0.15) is 0 Å². The summed E-state index contributed by atoms with van der Waals surface area (Å²) in [6, 6.07) is 0. The van der Waals surface area contributed by atoms with Gasteiger partial charge in [-0.05, 0) is 20.3 Å². The van der Waals surface area contributed by atoms with E-state index < -0.39 is 0 Å². The lowest BCUT2D eigenvalue weighted by Gasteiger charge is -2.01. The molecule has 1 rings (SSSR count). The summed E-state index contributed by atoms with van der Waals surface area (Å²) in [5.74, 6) is -0.328. The van der Waals surface area contributed by atoms with E-state index in [1.54, 1.807) is 6.92 Å². The summed E-state index contributed by atoms with van der Waals surface area (Å²) in [4.78, 5) is 16.8. The van der Waals surface area contributed by atoms with E-state index in [2.05, 4.69) is 17.2 Å². The van der Waals surface area contributed by atoms with Crippen LogP contribution in [0.1, 0.15) is 54.9 Å². The number of aryl methyl sites for hydroxylation is 1. The zero-order valence-electron chi connectivity index (χ0n) is 11.4. The Balaban J connectivity index is 2.43. The quantitative estimate of drug-likeness (QED) is 0.579. The highest BCUT2D eigenvalue weighted by molar-refractivity contribution is 7.15. The van der Waals surface area contributed by atoms with Crippen molar-refractivity contribution in [2.24, 2.45) is 0 Å². The summed E-state index contributed by atoms with van der Waals surface area (Å²) in [6.07, 6.45) is 4.88. The molecule has 4 nitrogen and oxygen atoms in total. The lowest BCUT2D eigenvalue weighted by molar-refractivity contribution is 0.0519. The second-order valence-electron chi connectivity index (χ2n) is 4.13. The minimum atomic E-state index is -0.328. The van der Waals surface area contributed by atoms with Crippen LogP contribution in [0.25, 0.3) is 0 Å². The van der Waals surface area contributed by atoms with Gasteiger partial charge in [-0.25, -0.2) is 9.78 Å². The number of nitrogens with zero attached hydrogens (tertiary/aromatic N) is 1. The van der Waals surface area contributed by atoms with Crippen LogP contribution in [0.2, 0.25) is 0 Å². The molecule has 0 amide bonds. The van der Waals surface area contributed by atoms with E-state index in [4.69, 9.17) is 4.74 Å². The summed E-state index contributed by atoms with van der Waals surface area (Å²) >= 11 is 1.51. The van der Waals surface area contributed by atoms with Crippen LogP contribution < -0.4 is 5.32 Å². The topological polar surface area (TPSA) is 51.2 Å². The average molecular weight is 270 g/mol. The number of esters is 1. The van der Waals surface area contributed by atoms with Gasteiger partial charge in [0.25, 0.3) is 0 Å². The SMILES string of the molecule is CCCCCCNc1nc(C(=O)OCC)c(C)s1. The number of nitrogens with one attached hydrogen (secondary N) is 1. The van der Waals surface area contributed by atoms with Gasteiger partial charge in [0.2, 0.25) is 0 Å². The van der Waals surface area contributed by atoms with Crippen molar-refractivity contribution < 1.29 is 9.53 Å². The molecule has 0 saturated carbocycles. The fraction of sp³-hybridized carbons (Fsp3) is 0.692. The number of rotatable bonds is 8. The Labute approximate surface area is 113 Å². The first-order valence-electron chi connectivity index (χ1n) is 6.57. The van der Waals surface area contributed by atoms with E-state index in [1.807, 2.05) is 6.92 Å². The highest BCUT2D eigenvalue weighted by Crippen LogP contribution is 2.22. The van der Waals surface area contributed by atoms with Crippen LogP contribution in [0.5, 0.6) is 0 Å². The molecule has 18 heavy (non-hydrogen) atoms. The highest BCUT2D eigenvalue weighted by atomic mass is 32.1. The molecule has 1 N–H and O–H groups in total. The molecule has 0 bridgehead atoms. The molecule has 0 spiro atoms. The predicted molar refractivity (Wildman–Crippen MR) is 75.4 cm³/mol. The molecule has 0 aliphatic heterocycles. The third-order valence-corrected chi connectivity index (χ3v) is 3.50. The largest absolute Gasteiger partial charge is 0.461 e. The minimum Gasteiger partial charge on any atom is -0.461 e. The fourth-order valence-corrected chi connectivity index (χ4v) is 2.43. The van der Waals surface area contributed by atoms with Crippen molar-refractivity contribution in [2.45, 2.75) is 46.5 Å². The van der Waals surface area contributed by atoms with Crippen LogP contribution in [-0.2, 0) is 4.74 Å². The second-order valence-corrected chi connectivity index (χ2v) is 5.33. The Hall–Kier alpha value is -1.10. The number of hydrogen-bond donors (Lipinski definition) is 1. The minimum absolute atomic E-state index is 0.328. The van der Waals surface area contributed by atoms with Crippen molar-refractivity contribution >= 4 is 22.4 Å². The summed E-state index contributed by atoms with van der Waals surface area (Å²) in [5, 5.41) is 4.07. The van der Waals surface area contributed by atoms with Gasteiger partial charge in [0.15, 0.2) is 10.8 Å². The smallest absolute Gasteiger partial charge is 0.358 e. The molecule has 1 heterocycles. The molecule has 0 saturated heterocycles. The van der Waals surface area contributed by atoms with Gasteiger partial charge >= 0.3 is 5.97 Å². The maximum absolute atomic E-state index is 11.6. The number of anilines is 1. The normalized spacial score (nSPS) is 10.4. The number of carbonyl (C=O) groups is 1. The van der Waals surface area contributed by atoms with Gasteiger partial charge in [-0.1, -0.05) is 26.2 Å². The summed E-state index contributed by atoms with van der Waals surface area (Å²) < 4.78 is 4.96. The monoisotopic (exact) mass is 270 g/mol. The van der Waals surface area contributed by atoms with Crippen molar-refractivity contribution in [1.82, 2.24) is 4.98 Å². The molecule has 102 valence electrons. The number of carbonyl (C=O) groups excluding carboxylic acids is 1. The zero-order chi connectivity index (χ0) is 13.4. The number of aromatic nitrogens is 1. The fourth-order valence-electron chi connectivity index (χ4n) is 1.61. The van der Waals surface area contributed by atoms with Crippen LogP contribution in [0, 0.1) is 6.92 Å². The Morgan fingerprint density at radius 2 is 2.11 bits per heavy atom. The maximum Gasteiger partial charge on any atom is 0.358 e. The lowest BCUT2D eigenvalue weighted by atomic mass is 10.2. The third kappa shape index (κ3) is 4.64. The van der Waals surface area contributed by atoms with Crippen molar-refractivity contribution in [1.29, 1.82) is 0 Å². The van der Waals surface area contributed by atoms with E-state index in [-0.39, 0.29) is 5.97 Å². The Morgan fingerprint density at radius 3 is 2.78 bits per heavy atom. The van der Waals surface area contributed by atoms with E-state index in [1.165, 1.54) is 30.6 Å². The molecule has 1 aromatic rings. The molecular formula is C13H22N2O2S. The predicted octanol–water partition coefficient (Wildman–Crippen LogP) is 3.62. The van der Waals surface area contributed by atoms with E-state index >= 15 is 0 Å². The van der Waals surface area contributed by atoms with Crippen LogP contribution in [0.15, 0.2) is 0 Å². The number of thiazole rings is 1. The first-order valence-corrected chi connectivity index (χ1v) is 7.39. The molecule has 0 atom stereocenters. The Bertz CT molecular complexity index is 377. The van der Waals surface area contributed by atoms with Gasteiger partial charge in [-0.3, -0.25) is 0 Å². The van der Waals surface area contributed by atoms with Crippen LogP contribution in [0.4, 0.5) is 5.13 Å². The van der Waals surface area contributed by atoms with Crippen molar-refractivity contribution in [3.05, 3.63) is 10.6 Å². The number of ether oxygens (including phenoxy) is 1. The molecule has 0 fully saturated rings. The number of hydrogen-bond acceptors (Lipinski definition) is 5. The first-order chi connectivity index (χ1) is 8.69. The molecule has 0 aromatic carbocycles. The Kier molecular flexibility index (Phi) is 6.72. The third-order valence-electron chi connectivity index (χ3n) is 2.57. The highest BCUT2D eigenvalue weighted by Gasteiger charge is 2.15. The van der Waals surface area contributed by atoms with E-state index in [9.17, 15) is 4.79 Å².